The van der Waals surface area contributed by atoms with Crippen LogP contribution >= 0.6 is 15.9 Å². The summed E-state index contributed by atoms with van der Waals surface area (Å²) < 4.78 is 2.53. The minimum absolute atomic E-state index is 0.0356. The molecule has 0 spiro atoms. The molecule has 3 nitrogen and oxygen atoms in total. The molecule has 0 amide bonds. The normalized spacial score (nSPS) is 10.7. The van der Waals surface area contributed by atoms with E-state index >= 15 is 0 Å². The van der Waals surface area contributed by atoms with Crippen LogP contribution in [-0.2, 0) is 6.54 Å². The molecule has 2 rings (SSSR count). The van der Waals surface area contributed by atoms with Gasteiger partial charge in [-0.1, -0.05) is 25.1 Å². The van der Waals surface area contributed by atoms with E-state index in [0.717, 1.165) is 34.1 Å². The predicted octanol–water partition coefficient (Wildman–Crippen LogP) is 3.90. The van der Waals surface area contributed by atoms with Gasteiger partial charge in [-0.3, -0.25) is 9.48 Å². The lowest BCUT2D eigenvalue weighted by atomic mass is 9.97. The molecule has 0 saturated heterocycles. The van der Waals surface area contributed by atoms with Gasteiger partial charge in [0.25, 0.3) is 0 Å². The van der Waals surface area contributed by atoms with E-state index in [4.69, 9.17) is 0 Å². The number of halogens is 1. The van der Waals surface area contributed by atoms with Gasteiger partial charge in [-0.15, -0.1) is 0 Å². The number of hydrogen-bond acceptors (Lipinski definition) is 2. The van der Waals surface area contributed by atoms with Gasteiger partial charge in [-0.25, -0.2) is 0 Å². The Morgan fingerprint density at radius 2 is 1.95 bits per heavy atom. The van der Waals surface area contributed by atoms with E-state index < -0.39 is 0 Å². The summed E-state index contributed by atoms with van der Waals surface area (Å²) in [6.07, 6.45) is 2.64. The molecule has 0 aliphatic rings. The van der Waals surface area contributed by atoms with Crippen molar-refractivity contribution in [3.05, 3.63) is 51.3 Å². The predicted molar refractivity (Wildman–Crippen MR) is 79.6 cm³/mol. The number of aromatic nitrogens is 2. The first kappa shape index (κ1) is 14.0. The Bertz CT molecular complexity index is 596. The van der Waals surface area contributed by atoms with Crippen molar-refractivity contribution in [2.24, 2.45) is 0 Å². The highest BCUT2D eigenvalue weighted by Gasteiger charge is 2.21. The van der Waals surface area contributed by atoms with Gasteiger partial charge in [-0.05, 0) is 47.3 Å². The second-order valence-corrected chi connectivity index (χ2v) is 5.51. The number of rotatable bonds is 4. The van der Waals surface area contributed by atoms with Crippen LogP contribution in [0.4, 0.5) is 0 Å². The van der Waals surface area contributed by atoms with Crippen molar-refractivity contribution in [3.8, 4) is 0 Å². The lowest BCUT2D eigenvalue weighted by molar-refractivity contribution is 0.102. The number of hydrogen-bond donors (Lipinski definition) is 0. The third-order valence-electron chi connectivity index (χ3n) is 3.15. The maximum Gasteiger partial charge on any atom is 0.212 e. The Morgan fingerprint density at radius 1 is 1.32 bits per heavy atom. The fraction of sp³-hybridized carbons (Fsp3) is 0.333. The number of ketones is 1. The highest BCUT2D eigenvalue weighted by molar-refractivity contribution is 9.10. The van der Waals surface area contributed by atoms with Crippen LogP contribution < -0.4 is 0 Å². The van der Waals surface area contributed by atoms with Crippen LogP contribution in [0.2, 0.25) is 0 Å². The minimum Gasteiger partial charge on any atom is -0.287 e. The fourth-order valence-electron chi connectivity index (χ4n) is 2.26. The summed E-state index contributed by atoms with van der Waals surface area (Å²) in [7, 11) is 0. The van der Waals surface area contributed by atoms with Gasteiger partial charge in [0.2, 0.25) is 5.78 Å². The molecule has 0 bridgehead atoms. The molecule has 1 heterocycles. The molecule has 19 heavy (non-hydrogen) atoms. The van der Waals surface area contributed by atoms with Crippen molar-refractivity contribution in [1.82, 2.24) is 9.78 Å². The summed E-state index contributed by atoms with van der Waals surface area (Å²) in [6, 6.07) is 5.91. The topological polar surface area (TPSA) is 34.9 Å². The van der Waals surface area contributed by atoms with Gasteiger partial charge in [0.1, 0.15) is 5.69 Å². The Morgan fingerprint density at radius 3 is 2.53 bits per heavy atom. The van der Waals surface area contributed by atoms with Crippen molar-refractivity contribution in [2.75, 3.05) is 0 Å². The molecule has 0 radical (unpaired) electrons. The van der Waals surface area contributed by atoms with Crippen molar-refractivity contribution >= 4 is 21.7 Å². The average Bonchev–Trinajstić information content (AvgIpc) is 2.70. The summed E-state index contributed by atoms with van der Waals surface area (Å²) in [6.45, 7) is 6.75. The number of benzene rings is 1. The van der Waals surface area contributed by atoms with Crippen LogP contribution in [0.1, 0.15) is 40.5 Å². The molecule has 0 unspecified atom stereocenters. The molecule has 100 valence electrons. The van der Waals surface area contributed by atoms with E-state index in [1.54, 1.807) is 10.9 Å². The summed E-state index contributed by atoms with van der Waals surface area (Å²) in [5.41, 5.74) is 3.42. The zero-order chi connectivity index (χ0) is 14.0. The smallest absolute Gasteiger partial charge is 0.212 e. The average molecular weight is 321 g/mol. The Labute approximate surface area is 121 Å². The maximum absolute atomic E-state index is 12.8. The molecule has 1 aromatic carbocycles. The van der Waals surface area contributed by atoms with Crippen LogP contribution in [-0.4, -0.2) is 15.6 Å². The second kappa shape index (κ2) is 5.70. The van der Waals surface area contributed by atoms with E-state index in [-0.39, 0.29) is 5.78 Å². The molecule has 0 aliphatic heterocycles. The third-order valence-corrected chi connectivity index (χ3v) is 3.73. The molecule has 1 aromatic heterocycles. The molecule has 0 N–H and O–H groups in total. The first-order valence-corrected chi connectivity index (χ1v) is 7.17. The molecule has 4 heteroatoms. The molecule has 0 fully saturated rings. The molecule has 0 atom stereocenters. The Kier molecular flexibility index (Phi) is 4.20. The zero-order valence-electron chi connectivity index (χ0n) is 11.4. The number of carbonyl (C=O) groups excluding carboxylic acids is 1. The second-order valence-electron chi connectivity index (χ2n) is 4.66. The molecular weight excluding hydrogens is 304 g/mol. The van der Waals surface area contributed by atoms with Crippen LogP contribution in [0.15, 0.2) is 28.9 Å². The van der Waals surface area contributed by atoms with Crippen LogP contribution in [0, 0.1) is 13.8 Å². The lowest BCUT2D eigenvalue weighted by Gasteiger charge is -2.10. The highest BCUT2D eigenvalue weighted by Crippen LogP contribution is 2.23. The summed E-state index contributed by atoms with van der Waals surface area (Å²) in [4.78, 5) is 12.8. The number of carbonyl (C=O) groups is 1. The Balaban J connectivity index is 2.53. The molecular formula is C15H17BrN2O. The largest absolute Gasteiger partial charge is 0.287 e. The SMILES string of the molecule is CCCn1ncc(Br)c1C(=O)c1c(C)cccc1C. The third kappa shape index (κ3) is 2.63. The number of aryl methyl sites for hydroxylation is 3. The fourth-order valence-corrected chi connectivity index (χ4v) is 2.74. The van der Waals surface area contributed by atoms with E-state index in [2.05, 4.69) is 28.0 Å². The van der Waals surface area contributed by atoms with Crippen LogP contribution in [0.3, 0.4) is 0 Å². The van der Waals surface area contributed by atoms with Crippen molar-refractivity contribution < 1.29 is 4.79 Å². The van der Waals surface area contributed by atoms with Gasteiger partial charge in [0.15, 0.2) is 0 Å². The summed E-state index contributed by atoms with van der Waals surface area (Å²) >= 11 is 3.43. The summed E-state index contributed by atoms with van der Waals surface area (Å²) in [5, 5.41) is 4.26. The molecule has 0 aliphatic carbocycles. The van der Waals surface area contributed by atoms with Gasteiger partial charge in [0.05, 0.1) is 10.7 Å². The van der Waals surface area contributed by atoms with Gasteiger partial charge in [0, 0.05) is 12.1 Å². The van der Waals surface area contributed by atoms with Gasteiger partial charge in [-0.2, -0.15) is 5.10 Å². The standard InChI is InChI=1S/C15H17BrN2O/c1-4-8-18-14(12(16)9-17-18)15(19)13-10(2)6-5-7-11(13)3/h5-7,9H,4,8H2,1-3H3. The zero-order valence-corrected chi connectivity index (χ0v) is 13.0. The quantitative estimate of drug-likeness (QED) is 0.801. The van der Waals surface area contributed by atoms with E-state index in [1.165, 1.54) is 0 Å². The maximum atomic E-state index is 12.8. The Hall–Kier alpha value is -1.42. The van der Waals surface area contributed by atoms with Crippen LogP contribution in [0.25, 0.3) is 0 Å². The highest BCUT2D eigenvalue weighted by atomic mass is 79.9. The first-order valence-electron chi connectivity index (χ1n) is 6.38. The van der Waals surface area contributed by atoms with Gasteiger partial charge < -0.3 is 0 Å². The lowest BCUT2D eigenvalue weighted by Crippen LogP contribution is -2.14. The van der Waals surface area contributed by atoms with E-state index in [1.807, 2.05) is 32.0 Å². The van der Waals surface area contributed by atoms with E-state index in [0.29, 0.717) is 5.69 Å². The first-order chi connectivity index (χ1) is 9.06. The van der Waals surface area contributed by atoms with Crippen molar-refractivity contribution in [3.63, 3.8) is 0 Å². The van der Waals surface area contributed by atoms with E-state index in [9.17, 15) is 4.79 Å². The molecule has 0 saturated carbocycles. The minimum atomic E-state index is 0.0356. The van der Waals surface area contributed by atoms with Crippen LogP contribution in [0.5, 0.6) is 0 Å². The van der Waals surface area contributed by atoms with Gasteiger partial charge >= 0.3 is 0 Å². The van der Waals surface area contributed by atoms with Crippen molar-refractivity contribution in [2.45, 2.75) is 33.7 Å². The number of nitrogens with zero attached hydrogens (tertiary/aromatic N) is 2. The monoisotopic (exact) mass is 320 g/mol. The molecule has 2 aromatic rings. The summed E-state index contributed by atoms with van der Waals surface area (Å²) in [5.74, 6) is 0.0356. The van der Waals surface area contributed by atoms with Crippen molar-refractivity contribution in [1.29, 1.82) is 0 Å².